The van der Waals surface area contributed by atoms with E-state index >= 15 is 0 Å². The number of anilines is 1. The number of oxazole rings is 1. The van der Waals surface area contributed by atoms with Crippen molar-refractivity contribution in [3.8, 4) is 0 Å². The number of aryl methyl sites for hydroxylation is 1. The number of nitrogens with one attached hydrogen (secondary N) is 1. The van der Waals surface area contributed by atoms with E-state index in [0.29, 0.717) is 12.4 Å². The Morgan fingerprint density at radius 1 is 1.28 bits per heavy atom. The molecule has 2 aromatic rings. The normalized spacial score (nSPS) is 14.8. The fourth-order valence-corrected chi connectivity index (χ4v) is 3.01. The van der Waals surface area contributed by atoms with Crippen LogP contribution in [0.25, 0.3) is 0 Å². The highest BCUT2D eigenvalue weighted by Gasteiger charge is 2.20. The summed E-state index contributed by atoms with van der Waals surface area (Å²) in [7, 11) is 0. The van der Waals surface area contributed by atoms with Gasteiger partial charge in [-0.25, -0.2) is 4.98 Å². The molecule has 134 valence electrons. The summed E-state index contributed by atoms with van der Waals surface area (Å²) in [5, 5.41) is 3.35. The first-order valence-corrected chi connectivity index (χ1v) is 8.93. The maximum Gasteiger partial charge on any atom is 0.253 e. The van der Waals surface area contributed by atoms with E-state index in [4.69, 9.17) is 4.42 Å². The number of hydrogen-bond acceptors (Lipinski definition) is 4. The minimum Gasteiger partial charge on any atom is -0.443 e. The Balaban J connectivity index is 1.65. The zero-order valence-corrected chi connectivity index (χ0v) is 15.6. The number of rotatable bonds is 4. The number of carbonyl (C=O) groups excluding carboxylic acids is 1. The molecular formula is C20H27N3O2. The Bertz CT molecular complexity index is 753. The molecule has 1 aromatic heterocycles. The van der Waals surface area contributed by atoms with Crippen molar-refractivity contribution >= 4 is 11.6 Å². The lowest BCUT2D eigenvalue weighted by Gasteiger charge is -2.16. The fraction of sp³-hybridized carbons (Fsp3) is 0.500. The van der Waals surface area contributed by atoms with Crippen molar-refractivity contribution in [2.24, 2.45) is 0 Å². The molecule has 25 heavy (non-hydrogen) atoms. The molecular weight excluding hydrogens is 314 g/mol. The molecule has 0 aliphatic carbocycles. The van der Waals surface area contributed by atoms with Crippen LogP contribution in [-0.2, 0) is 12.0 Å². The maximum atomic E-state index is 12.5. The van der Waals surface area contributed by atoms with Crippen LogP contribution in [0.15, 0.2) is 28.8 Å². The Labute approximate surface area is 149 Å². The number of likely N-dealkylation sites (tertiary alicyclic amines) is 1. The van der Waals surface area contributed by atoms with Gasteiger partial charge in [0.2, 0.25) is 5.89 Å². The summed E-state index contributed by atoms with van der Waals surface area (Å²) in [5.74, 6) is 1.68. The molecule has 1 aliphatic rings. The topological polar surface area (TPSA) is 58.4 Å². The van der Waals surface area contributed by atoms with Gasteiger partial charge in [0.1, 0.15) is 5.76 Å². The summed E-state index contributed by atoms with van der Waals surface area (Å²) in [6.07, 6.45) is 4.01. The van der Waals surface area contributed by atoms with Crippen molar-refractivity contribution in [2.75, 3.05) is 18.4 Å². The number of aromatic nitrogens is 1. The van der Waals surface area contributed by atoms with E-state index in [1.165, 1.54) is 0 Å². The molecule has 1 N–H and O–H groups in total. The standard InChI is InChI=1S/C20H27N3O2/c1-14-11-15(19(24)23-9-5-6-10-23)7-8-16(14)21-13-18-22-12-17(25-18)20(2,3)4/h7-8,11-12,21H,5-6,9-10,13H2,1-4H3. The lowest BCUT2D eigenvalue weighted by Crippen LogP contribution is -2.27. The molecule has 0 atom stereocenters. The van der Waals surface area contributed by atoms with Crippen LogP contribution < -0.4 is 5.32 Å². The van der Waals surface area contributed by atoms with Gasteiger partial charge in [-0.2, -0.15) is 0 Å². The van der Waals surface area contributed by atoms with Gasteiger partial charge in [-0.05, 0) is 43.5 Å². The zero-order chi connectivity index (χ0) is 18.0. The highest BCUT2D eigenvalue weighted by molar-refractivity contribution is 5.95. The Morgan fingerprint density at radius 3 is 2.60 bits per heavy atom. The van der Waals surface area contributed by atoms with E-state index in [2.05, 4.69) is 31.1 Å². The number of hydrogen-bond donors (Lipinski definition) is 1. The molecule has 1 saturated heterocycles. The summed E-state index contributed by atoms with van der Waals surface area (Å²) in [4.78, 5) is 18.7. The predicted molar refractivity (Wildman–Crippen MR) is 98.8 cm³/mol. The highest BCUT2D eigenvalue weighted by atomic mass is 16.4. The predicted octanol–water partition coefficient (Wildman–Crippen LogP) is 4.13. The largest absolute Gasteiger partial charge is 0.443 e. The number of benzene rings is 1. The second-order valence-corrected chi connectivity index (χ2v) is 7.75. The third-order valence-electron chi connectivity index (χ3n) is 4.59. The second kappa shape index (κ2) is 6.90. The molecule has 0 unspecified atom stereocenters. The summed E-state index contributed by atoms with van der Waals surface area (Å²) in [6, 6.07) is 5.82. The molecule has 0 saturated carbocycles. The molecule has 1 aromatic carbocycles. The van der Waals surface area contributed by atoms with Gasteiger partial charge in [-0.15, -0.1) is 0 Å². The molecule has 5 nitrogen and oxygen atoms in total. The molecule has 1 amide bonds. The van der Waals surface area contributed by atoms with Crippen LogP contribution in [0, 0.1) is 6.92 Å². The molecule has 3 rings (SSSR count). The number of carbonyl (C=O) groups is 1. The Kier molecular flexibility index (Phi) is 4.84. The summed E-state index contributed by atoms with van der Waals surface area (Å²) in [5.41, 5.74) is 2.76. The van der Waals surface area contributed by atoms with Crippen LogP contribution in [0.3, 0.4) is 0 Å². The van der Waals surface area contributed by atoms with Gasteiger partial charge in [0.05, 0.1) is 12.7 Å². The van der Waals surface area contributed by atoms with Gasteiger partial charge >= 0.3 is 0 Å². The van der Waals surface area contributed by atoms with Crippen molar-refractivity contribution in [2.45, 2.75) is 52.5 Å². The average Bonchev–Trinajstić information content (AvgIpc) is 3.24. The van der Waals surface area contributed by atoms with Crippen molar-refractivity contribution in [1.29, 1.82) is 0 Å². The van der Waals surface area contributed by atoms with Gasteiger partial charge in [-0.3, -0.25) is 4.79 Å². The molecule has 0 spiro atoms. The number of amides is 1. The maximum absolute atomic E-state index is 12.5. The lowest BCUT2D eigenvalue weighted by molar-refractivity contribution is 0.0793. The first-order valence-electron chi connectivity index (χ1n) is 8.93. The molecule has 0 bridgehead atoms. The van der Waals surface area contributed by atoms with Crippen molar-refractivity contribution in [1.82, 2.24) is 9.88 Å². The summed E-state index contributed by atoms with van der Waals surface area (Å²) in [6.45, 7) is 10.6. The van der Waals surface area contributed by atoms with Gasteiger partial charge in [0.25, 0.3) is 5.91 Å². The molecule has 5 heteroatoms. The molecule has 2 heterocycles. The van der Waals surface area contributed by atoms with E-state index in [1.807, 2.05) is 30.0 Å². The molecule has 1 fully saturated rings. The number of nitrogens with zero attached hydrogens (tertiary/aromatic N) is 2. The van der Waals surface area contributed by atoms with Crippen LogP contribution in [0.5, 0.6) is 0 Å². The molecule has 1 aliphatic heterocycles. The first kappa shape index (κ1) is 17.5. The van der Waals surface area contributed by atoms with Crippen LogP contribution >= 0.6 is 0 Å². The van der Waals surface area contributed by atoms with E-state index in [1.54, 1.807) is 6.20 Å². The third kappa shape index (κ3) is 4.03. The van der Waals surface area contributed by atoms with Crippen LogP contribution in [0.1, 0.15) is 61.2 Å². The summed E-state index contributed by atoms with van der Waals surface area (Å²) >= 11 is 0. The molecule has 0 radical (unpaired) electrons. The van der Waals surface area contributed by atoms with Gasteiger partial charge in [0, 0.05) is 29.8 Å². The van der Waals surface area contributed by atoms with Crippen molar-refractivity contribution < 1.29 is 9.21 Å². The van der Waals surface area contributed by atoms with Crippen molar-refractivity contribution in [3.05, 3.63) is 47.2 Å². The second-order valence-electron chi connectivity index (χ2n) is 7.75. The zero-order valence-electron chi connectivity index (χ0n) is 15.6. The minimum absolute atomic E-state index is 0.0429. The fourth-order valence-electron chi connectivity index (χ4n) is 3.01. The quantitative estimate of drug-likeness (QED) is 0.908. The highest BCUT2D eigenvalue weighted by Crippen LogP contribution is 2.24. The van der Waals surface area contributed by atoms with Crippen LogP contribution in [0.2, 0.25) is 0 Å². The Hall–Kier alpha value is -2.30. The van der Waals surface area contributed by atoms with Crippen molar-refractivity contribution in [3.63, 3.8) is 0 Å². The third-order valence-corrected chi connectivity index (χ3v) is 4.59. The van der Waals surface area contributed by atoms with Crippen LogP contribution in [-0.4, -0.2) is 28.9 Å². The van der Waals surface area contributed by atoms with Gasteiger partial charge in [-0.1, -0.05) is 20.8 Å². The average molecular weight is 341 g/mol. The summed E-state index contributed by atoms with van der Waals surface area (Å²) < 4.78 is 5.80. The van der Waals surface area contributed by atoms with Gasteiger partial charge < -0.3 is 14.6 Å². The SMILES string of the molecule is Cc1cc(C(=O)N2CCCC2)ccc1NCc1ncc(C(C)(C)C)o1. The first-order chi connectivity index (χ1) is 11.8. The van der Waals surface area contributed by atoms with E-state index in [9.17, 15) is 4.79 Å². The van der Waals surface area contributed by atoms with Gasteiger partial charge in [0.15, 0.2) is 0 Å². The minimum atomic E-state index is -0.0429. The monoisotopic (exact) mass is 341 g/mol. The van der Waals surface area contributed by atoms with E-state index in [-0.39, 0.29) is 11.3 Å². The lowest BCUT2D eigenvalue weighted by atomic mass is 9.94. The van der Waals surface area contributed by atoms with Crippen LogP contribution in [0.4, 0.5) is 5.69 Å². The Morgan fingerprint density at radius 2 is 2.00 bits per heavy atom. The van der Waals surface area contributed by atoms with E-state index < -0.39 is 0 Å². The smallest absolute Gasteiger partial charge is 0.253 e. The van der Waals surface area contributed by atoms with E-state index in [0.717, 1.165) is 48.5 Å².